The first-order valence-electron chi connectivity index (χ1n) is 11.6. The molecule has 0 aliphatic heterocycles. The largest absolute Gasteiger partial charge is 0.494 e. The van der Waals surface area contributed by atoms with Gasteiger partial charge in [-0.05, 0) is 74.4 Å². The lowest BCUT2D eigenvalue weighted by Crippen LogP contribution is -2.34. The molecule has 1 aliphatic carbocycles. The highest BCUT2D eigenvalue weighted by atomic mass is 32.2. The summed E-state index contributed by atoms with van der Waals surface area (Å²) < 4.78 is 30.1. The van der Waals surface area contributed by atoms with Gasteiger partial charge >= 0.3 is 0 Å². The summed E-state index contributed by atoms with van der Waals surface area (Å²) in [6, 6.07) is 16.7. The van der Waals surface area contributed by atoms with Crippen LogP contribution in [0.3, 0.4) is 0 Å². The van der Waals surface area contributed by atoms with E-state index in [1.807, 2.05) is 43.3 Å². The summed E-state index contributed by atoms with van der Waals surface area (Å²) >= 11 is 0. The van der Waals surface area contributed by atoms with Crippen molar-refractivity contribution < 1.29 is 17.9 Å². The second-order valence-corrected chi connectivity index (χ2v) is 10.5. The molecule has 2 aromatic rings. The second-order valence-electron chi connectivity index (χ2n) is 8.65. The van der Waals surface area contributed by atoms with E-state index in [4.69, 9.17) is 4.74 Å². The van der Waals surface area contributed by atoms with Crippen molar-refractivity contribution in [3.8, 4) is 5.75 Å². The van der Waals surface area contributed by atoms with Crippen LogP contribution in [0.15, 0.2) is 48.5 Å². The molecule has 1 amide bonds. The van der Waals surface area contributed by atoms with Gasteiger partial charge in [0.1, 0.15) is 5.75 Å². The zero-order chi connectivity index (χ0) is 23.8. The van der Waals surface area contributed by atoms with E-state index in [0.717, 1.165) is 31.3 Å². The van der Waals surface area contributed by atoms with Gasteiger partial charge in [-0.3, -0.25) is 4.79 Å². The smallest absolute Gasteiger partial charge is 0.251 e. The minimum Gasteiger partial charge on any atom is -0.494 e. The van der Waals surface area contributed by atoms with Crippen LogP contribution in [-0.2, 0) is 10.0 Å². The maximum atomic E-state index is 12.3. The van der Waals surface area contributed by atoms with Gasteiger partial charge in [-0.2, -0.15) is 0 Å². The van der Waals surface area contributed by atoms with Gasteiger partial charge in [-0.15, -0.1) is 0 Å². The van der Waals surface area contributed by atoms with Gasteiger partial charge in [0.15, 0.2) is 0 Å². The van der Waals surface area contributed by atoms with Crippen LogP contribution in [0.5, 0.6) is 5.75 Å². The van der Waals surface area contributed by atoms with E-state index in [0.29, 0.717) is 24.1 Å². The molecule has 1 fully saturated rings. The first-order chi connectivity index (χ1) is 15.7. The van der Waals surface area contributed by atoms with Crippen molar-refractivity contribution >= 4 is 15.9 Å². The van der Waals surface area contributed by atoms with E-state index < -0.39 is 10.0 Å². The Kier molecular flexibility index (Phi) is 8.88. The number of rotatable bonds is 11. The molecule has 0 radical (unpaired) electrons. The van der Waals surface area contributed by atoms with Crippen LogP contribution in [0.25, 0.3) is 0 Å². The Morgan fingerprint density at radius 2 is 1.88 bits per heavy atom. The molecule has 3 rings (SSSR count). The van der Waals surface area contributed by atoms with Crippen LogP contribution in [0.1, 0.15) is 66.6 Å². The van der Waals surface area contributed by atoms with Crippen LogP contribution in [0.4, 0.5) is 0 Å². The quantitative estimate of drug-likeness (QED) is 0.435. The maximum absolute atomic E-state index is 12.3. The molecule has 180 valence electrons. The average molecular weight is 474 g/mol. The first-order valence-corrected chi connectivity index (χ1v) is 13.5. The minimum absolute atomic E-state index is 0.174. The number of hydrogen-bond donors (Lipinski definition) is 3. The van der Waals surface area contributed by atoms with Crippen LogP contribution < -0.4 is 20.1 Å². The number of amides is 1. The van der Waals surface area contributed by atoms with Crippen LogP contribution in [-0.4, -0.2) is 46.3 Å². The summed E-state index contributed by atoms with van der Waals surface area (Å²) in [6.45, 7) is 5.27. The van der Waals surface area contributed by atoms with E-state index in [1.165, 1.54) is 11.1 Å². The standard InChI is InChI=1S/C25H35N3O4S/c1-4-32-24-7-5-6-21(17-24)18(2)28-23-13-12-22(16-23)19-8-10-20(11-9-19)25(29)26-14-15-27-33(3,30)31/h5-11,17-18,22-23,27-28H,4,12-16H2,1-3H3,(H,26,29). The predicted octanol–water partition coefficient (Wildman–Crippen LogP) is 3.35. The predicted molar refractivity (Wildman–Crippen MR) is 131 cm³/mol. The van der Waals surface area contributed by atoms with E-state index >= 15 is 0 Å². The molecule has 2 aromatic carbocycles. The normalized spacial score (nSPS) is 19.2. The number of nitrogens with one attached hydrogen (secondary N) is 3. The highest BCUT2D eigenvalue weighted by Gasteiger charge is 2.27. The topological polar surface area (TPSA) is 96.5 Å². The molecule has 1 saturated carbocycles. The van der Waals surface area contributed by atoms with E-state index in [9.17, 15) is 13.2 Å². The maximum Gasteiger partial charge on any atom is 0.251 e. The molecule has 3 atom stereocenters. The lowest BCUT2D eigenvalue weighted by molar-refractivity contribution is 0.0954. The van der Waals surface area contributed by atoms with E-state index in [1.54, 1.807) is 0 Å². The van der Waals surface area contributed by atoms with E-state index in [-0.39, 0.29) is 25.0 Å². The number of hydrogen-bond acceptors (Lipinski definition) is 5. The lowest BCUT2D eigenvalue weighted by atomic mass is 9.96. The van der Waals surface area contributed by atoms with Gasteiger partial charge in [0.2, 0.25) is 10.0 Å². The Morgan fingerprint density at radius 3 is 2.58 bits per heavy atom. The summed E-state index contributed by atoms with van der Waals surface area (Å²) in [6.07, 6.45) is 4.40. The second kappa shape index (κ2) is 11.6. The molecule has 33 heavy (non-hydrogen) atoms. The van der Waals surface area contributed by atoms with Gasteiger partial charge in [0, 0.05) is 30.7 Å². The molecule has 0 heterocycles. The molecule has 3 N–H and O–H groups in total. The summed E-state index contributed by atoms with van der Waals surface area (Å²) in [4.78, 5) is 12.3. The SMILES string of the molecule is CCOc1cccc(C(C)NC2CCC(c3ccc(C(=O)NCCNS(C)(=O)=O)cc3)C2)c1. The monoisotopic (exact) mass is 473 g/mol. The Bertz CT molecular complexity index is 1020. The molecule has 3 unspecified atom stereocenters. The third-order valence-electron chi connectivity index (χ3n) is 6.01. The molecule has 7 nitrogen and oxygen atoms in total. The number of ether oxygens (including phenoxy) is 1. The van der Waals surface area contributed by atoms with Crippen molar-refractivity contribution in [3.63, 3.8) is 0 Å². The third kappa shape index (κ3) is 7.84. The van der Waals surface area contributed by atoms with E-state index in [2.05, 4.69) is 34.4 Å². The van der Waals surface area contributed by atoms with Gasteiger partial charge in [0.25, 0.3) is 5.91 Å². The molecule has 0 saturated heterocycles. The molecular weight excluding hydrogens is 438 g/mol. The highest BCUT2D eigenvalue weighted by Crippen LogP contribution is 2.35. The van der Waals surface area contributed by atoms with Gasteiger partial charge < -0.3 is 15.4 Å². The third-order valence-corrected chi connectivity index (χ3v) is 6.74. The van der Waals surface area contributed by atoms with Gasteiger partial charge in [0.05, 0.1) is 12.9 Å². The van der Waals surface area contributed by atoms with Crippen molar-refractivity contribution in [2.24, 2.45) is 0 Å². The summed E-state index contributed by atoms with van der Waals surface area (Å²) in [7, 11) is -3.25. The zero-order valence-corrected chi connectivity index (χ0v) is 20.5. The zero-order valence-electron chi connectivity index (χ0n) is 19.6. The number of carbonyl (C=O) groups is 1. The Morgan fingerprint density at radius 1 is 1.12 bits per heavy atom. The Balaban J connectivity index is 1.48. The molecule has 1 aliphatic rings. The number of carbonyl (C=O) groups excluding carboxylic acids is 1. The Labute approximate surface area is 197 Å². The molecular formula is C25H35N3O4S. The highest BCUT2D eigenvalue weighted by molar-refractivity contribution is 7.88. The van der Waals surface area contributed by atoms with Gasteiger partial charge in [-0.1, -0.05) is 24.3 Å². The van der Waals surface area contributed by atoms with Crippen molar-refractivity contribution in [2.75, 3.05) is 26.0 Å². The van der Waals surface area contributed by atoms with Crippen LogP contribution in [0.2, 0.25) is 0 Å². The summed E-state index contributed by atoms with van der Waals surface area (Å²) in [5.41, 5.74) is 3.06. The fourth-order valence-electron chi connectivity index (χ4n) is 4.35. The van der Waals surface area contributed by atoms with Crippen molar-refractivity contribution in [1.82, 2.24) is 15.4 Å². The summed E-state index contributed by atoms with van der Waals surface area (Å²) in [5, 5.41) is 6.50. The number of sulfonamides is 1. The molecule has 0 aromatic heterocycles. The summed E-state index contributed by atoms with van der Waals surface area (Å²) in [5.74, 6) is 1.18. The average Bonchev–Trinajstić information content (AvgIpc) is 3.25. The van der Waals surface area contributed by atoms with Gasteiger partial charge in [-0.25, -0.2) is 13.1 Å². The van der Waals surface area contributed by atoms with Crippen molar-refractivity contribution in [2.45, 2.75) is 51.1 Å². The van der Waals surface area contributed by atoms with Crippen LogP contribution in [0, 0.1) is 0 Å². The fraction of sp³-hybridized carbons (Fsp3) is 0.480. The van der Waals surface area contributed by atoms with Crippen LogP contribution >= 0.6 is 0 Å². The fourth-order valence-corrected chi connectivity index (χ4v) is 4.82. The van der Waals surface area contributed by atoms with Crippen molar-refractivity contribution in [1.29, 1.82) is 0 Å². The molecule has 0 bridgehead atoms. The van der Waals surface area contributed by atoms with Crippen molar-refractivity contribution in [3.05, 3.63) is 65.2 Å². The minimum atomic E-state index is -3.25. The number of benzene rings is 2. The Hall–Kier alpha value is -2.42. The lowest BCUT2D eigenvalue weighted by Gasteiger charge is -2.21. The molecule has 0 spiro atoms. The molecule has 8 heteroatoms. The first kappa shape index (κ1) is 25.2.